The third kappa shape index (κ3) is 4.78. The van der Waals surface area contributed by atoms with Crippen LogP contribution in [0.3, 0.4) is 0 Å². The van der Waals surface area contributed by atoms with E-state index < -0.39 is 11.0 Å². The molecule has 0 amide bonds. The highest BCUT2D eigenvalue weighted by Gasteiger charge is 2.20. The highest BCUT2D eigenvalue weighted by Crippen LogP contribution is 2.26. The van der Waals surface area contributed by atoms with Gasteiger partial charge in [0.05, 0.1) is 17.6 Å². The van der Waals surface area contributed by atoms with Gasteiger partial charge >= 0.3 is 5.69 Å². The number of rotatable bonds is 7. The molecule has 1 heterocycles. The van der Waals surface area contributed by atoms with Crippen molar-refractivity contribution >= 4 is 5.69 Å². The van der Waals surface area contributed by atoms with Crippen molar-refractivity contribution in [3.63, 3.8) is 0 Å². The van der Waals surface area contributed by atoms with E-state index in [2.05, 4.69) is 17.3 Å². The summed E-state index contributed by atoms with van der Waals surface area (Å²) in [6.45, 7) is 2.91. The summed E-state index contributed by atoms with van der Waals surface area (Å²) in [5.41, 5.74) is -0.0502. The molecule has 0 bridgehead atoms. The minimum atomic E-state index is -0.601. The van der Waals surface area contributed by atoms with Crippen molar-refractivity contribution in [2.45, 2.75) is 57.7 Å². The summed E-state index contributed by atoms with van der Waals surface area (Å²) in [5.74, 6) is 0.691. The SMILES string of the molecule is C[C@@H](NCC(O)Cn1cc([N+](=O)[O-])cn1)C1CCCCC1. The standard InChI is InChI=1S/C14H24N4O3/c1-11(12-5-3-2-4-6-12)15-8-14(19)10-17-9-13(7-16-17)18(20)21/h7,9,11-12,14-15,19H,2-6,8,10H2,1H3/t11-,14?/m1/s1. The minimum absolute atomic E-state index is 0.0502. The predicted molar refractivity (Wildman–Crippen MR) is 78.9 cm³/mol. The number of nitro groups is 1. The lowest BCUT2D eigenvalue weighted by Gasteiger charge is -2.29. The zero-order valence-corrected chi connectivity index (χ0v) is 12.4. The van der Waals surface area contributed by atoms with Gasteiger partial charge in [-0.05, 0) is 25.7 Å². The molecule has 1 aliphatic carbocycles. The fourth-order valence-corrected chi connectivity index (χ4v) is 2.95. The molecule has 1 aromatic heterocycles. The van der Waals surface area contributed by atoms with Crippen LogP contribution >= 0.6 is 0 Å². The number of aromatic nitrogens is 2. The van der Waals surface area contributed by atoms with Crippen molar-refractivity contribution in [3.05, 3.63) is 22.5 Å². The molecule has 1 saturated carbocycles. The van der Waals surface area contributed by atoms with Gasteiger partial charge in [0.25, 0.3) is 0 Å². The second-order valence-corrected chi connectivity index (χ2v) is 5.93. The summed E-state index contributed by atoms with van der Waals surface area (Å²) in [6, 6.07) is 0.395. The van der Waals surface area contributed by atoms with Crippen LogP contribution in [-0.4, -0.2) is 38.5 Å². The molecule has 1 aromatic rings. The van der Waals surface area contributed by atoms with E-state index in [1.165, 1.54) is 49.2 Å². The van der Waals surface area contributed by atoms with Gasteiger partial charge in [0.2, 0.25) is 0 Å². The van der Waals surface area contributed by atoms with E-state index >= 15 is 0 Å². The van der Waals surface area contributed by atoms with Gasteiger partial charge in [-0.3, -0.25) is 14.8 Å². The molecule has 2 atom stereocenters. The summed E-state index contributed by atoms with van der Waals surface area (Å²) >= 11 is 0. The Morgan fingerprint density at radius 3 is 2.86 bits per heavy atom. The molecule has 0 saturated heterocycles. The average molecular weight is 296 g/mol. The van der Waals surface area contributed by atoms with Crippen molar-refractivity contribution in [2.24, 2.45) is 5.92 Å². The summed E-state index contributed by atoms with van der Waals surface area (Å²) < 4.78 is 1.41. The lowest BCUT2D eigenvalue weighted by molar-refractivity contribution is -0.385. The maximum Gasteiger partial charge on any atom is 0.306 e. The van der Waals surface area contributed by atoms with Gasteiger partial charge in [-0.25, -0.2) is 0 Å². The van der Waals surface area contributed by atoms with Crippen LogP contribution in [0.5, 0.6) is 0 Å². The van der Waals surface area contributed by atoms with Crippen LogP contribution in [0, 0.1) is 16.0 Å². The first-order valence-corrected chi connectivity index (χ1v) is 7.64. The van der Waals surface area contributed by atoms with Crippen molar-refractivity contribution < 1.29 is 10.0 Å². The molecule has 2 rings (SSSR count). The maximum atomic E-state index is 10.6. The van der Waals surface area contributed by atoms with E-state index in [0.717, 1.165) is 0 Å². The third-order valence-electron chi connectivity index (χ3n) is 4.26. The zero-order chi connectivity index (χ0) is 15.2. The van der Waals surface area contributed by atoms with E-state index in [1.807, 2.05) is 0 Å². The number of hydrogen-bond acceptors (Lipinski definition) is 5. The molecule has 1 fully saturated rings. The second-order valence-electron chi connectivity index (χ2n) is 5.93. The fourth-order valence-electron chi connectivity index (χ4n) is 2.95. The molecule has 7 nitrogen and oxygen atoms in total. The van der Waals surface area contributed by atoms with Gasteiger partial charge in [-0.15, -0.1) is 0 Å². The molecule has 1 aliphatic rings. The average Bonchev–Trinajstić information content (AvgIpc) is 2.94. The molecule has 7 heteroatoms. The molecular formula is C14H24N4O3. The number of nitrogens with one attached hydrogen (secondary N) is 1. The van der Waals surface area contributed by atoms with Gasteiger partial charge in [-0.1, -0.05) is 19.3 Å². The van der Waals surface area contributed by atoms with Crippen LogP contribution in [0.15, 0.2) is 12.4 Å². The summed E-state index contributed by atoms with van der Waals surface area (Å²) in [4.78, 5) is 10.1. The van der Waals surface area contributed by atoms with Crippen LogP contribution in [-0.2, 0) is 6.54 Å². The topological polar surface area (TPSA) is 93.2 Å². The molecule has 1 unspecified atom stereocenters. The minimum Gasteiger partial charge on any atom is -0.390 e. The lowest BCUT2D eigenvalue weighted by atomic mass is 9.84. The molecule has 21 heavy (non-hydrogen) atoms. The number of nitrogens with zero attached hydrogens (tertiary/aromatic N) is 3. The first-order valence-electron chi connectivity index (χ1n) is 7.64. The zero-order valence-electron chi connectivity index (χ0n) is 12.4. The molecule has 0 spiro atoms. The van der Waals surface area contributed by atoms with E-state index in [0.29, 0.717) is 18.5 Å². The molecule has 0 aromatic carbocycles. The van der Waals surface area contributed by atoms with Gasteiger partial charge in [0.15, 0.2) is 0 Å². The molecule has 2 N–H and O–H groups in total. The van der Waals surface area contributed by atoms with E-state index in [4.69, 9.17) is 0 Å². The maximum absolute atomic E-state index is 10.6. The van der Waals surface area contributed by atoms with Gasteiger partial charge < -0.3 is 10.4 Å². The normalized spacial score (nSPS) is 19.3. The third-order valence-corrected chi connectivity index (χ3v) is 4.26. The van der Waals surface area contributed by atoms with Gasteiger partial charge in [-0.2, -0.15) is 5.10 Å². The van der Waals surface area contributed by atoms with Gasteiger partial charge in [0.1, 0.15) is 12.4 Å². The summed E-state index contributed by atoms with van der Waals surface area (Å²) in [5, 5.41) is 27.8. The fraction of sp³-hybridized carbons (Fsp3) is 0.786. The van der Waals surface area contributed by atoms with Crippen molar-refractivity contribution in [3.8, 4) is 0 Å². The Morgan fingerprint density at radius 2 is 2.24 bits per heavy atom. The Morgan fingerprint density at radius 1 is 1.52 bits per heavy atom. The van der Waals surface area contributed by atoms with E-state index in [9.17, 15) is 15.2 Å². The van der Waals surface area contributed by atoms with E-state index in [-0.39, 0.29) is 12.2 Å². The Bertz CT molecular complexity index is 457. The Kier molecular flexibility index (Phi) is 5.69. The number of aliphatic hydroxyl groups excluding tert-OH is 1. The second kappa shape index (κ2) is 7.51. The van der Waals surface area contributed by atoms with Crippen LogP contribution in [0.2, 0.25) is 0 Å². The van der Waals surface area contributed by atoms with Crippen LogP contribution in [0.4, 0.5) is 5.69 Å². The molecule has 118 valence electrons. The quantitative estimate of drug-likeness (QED) is 0.590. The van der Waals surface area contributed by atoms with Crippen LogP contribution < -0.4 is 5.32 Å². The monoisotopic (exact) mass is 296 g/mol. The smallest absolute Gasteiger partial charge is 0.306 e. The van der Waals surface area contributed by atoms with E-state index in [1.54, 1.807) is 0 Å². The highest BCUT2D eigenvalue weighted by molar-refractivity contribution is 5.20. The Labute approximate surface area is 124 Å². The predicted octanol–water partition coefficient (Wildman–Crippen LogP) is 1.71. The Hall–Kier alpha value is -1.47. The first-order chi connectivity index (χ1) is 10.1. The molecule has 0 radical (unpaired) electrons. The van der Waals surface area contributed by atoms with Crippen LogP contribution in [0.25, 0.3) is 0 Å². The van der Waals surface area contributed by atoms with Crippen molar-refractivity contribution in [1.29, 1.82) is 0 Å². The summed E-state index contributed by atoms with van der Waals surface area (Å²) in [6.07, 6.45) is 8.40. The first kappa shape index (κ1) is 15.9. The highest BCUT2D eigenvalue weighted by atomic mass is 16.6. The number of hydrogen-bond donors (Lipinski definition) is 2. The van der Waals surface area contributed by atoms with Crippen molar-refractivity contribution in [1.82, 2.24) is 15.1 Å². The molecular weight excluding hydrogens is 272 g/mol. The number of aliphatic hydroxyl groups is 1. The summed E-state index contributed by atoms with van der Waals surface area (Å²) in [7, 11) is 0. The molecule has 0 aliphatic heterocycles. The van der Waals surface area contributed by atoms with Gasteiger partial charge in [0, 0.05) is 12.6 Å². The lowest BCUT2D eigenvalue weighted by Crippen LogP contribution is -2.40. The largest absolute Gasteiger partial charge is 0.390 e. The van der Waals surface area contributed by atoms with Crippen molar-refractivity contribution in [2.75, 3.05) is 6.54 Å². The van der Waals surface area contributed by atoms with Crippen LogP contribution in [0.1, 0.15) is 39.0 Å². The Balaban J connectivity index is 1.73.